The Morgan fingerprint density at radius 3 is 3.05 bits per heavy atom. The molecule has 1 aliphatic heterocycles. The normalized spacial score (nSPS) is 19.3. The van der Waals surface area contributed by atoms with Gasteiger partial charge in [-0.1, -0.05) is 12.1 Å². The number of carbonyl (C=O) groups excluding carboxylic acids is 1. The Morgan fingerprint density at radius 2 is 2.32 bits per heavy atom. The second-order valence-electron chi connectivity index (χ2n) is 4.36. The molecular weight excluding hydrogens is 246 g/mol. The van der Waals surface area contributed by atoms with Crippen LogP contribution >= 0.6 is 0 Å². The molecule has 1 amide bonds. The standard InChI is InChI=1S/C14H19NO4/c1-2-18-13-6-4-3-5-12(13)14(17)15-7-8-19-11(9-15)10-16/h3-6,11,16H,2,7-10H2,1H3. The van der Waals surface area contributed by atoms with Crippen LogP contribution in [0.1, 0.15) is 17.3 Å². The minimum absolute atomic E-state index is 0.0725. The van der Waals surface area contributed by atoms with Gasteiger partial charge in [0, 0.05) is 13.1 Å². The predicted molar refractivity (Wildman–Crippen MR) is 70.3 cm³/mol. The van der Waals surface area contributed by atoms with Crippen LogP contribution in [0.4, 0.5) is 0 Å². The lowest BCUT2D eigenvalue weighted by Gasteiger charge is -2.32. The number of aliphatic hydroxyl groups excluding tert-OH is 1. The van der Waals surface area contributed by atoms with Gasteiger partial charge in [0.2, 0.25) is 0 Å². The van der Waals surface area contributed by atoms with Crippen LogP contribution in [0.25, 0.3) is 0 Å². The smallest absolute Gasteiger partial charge is 0.257 e. The lowest BCUT2D eigenvalue weighted by molar-refractivity contribution is -0.0447. The zero-order valence-electron chi connectivity index (χ0n) is 11.0. The van der Waals surface area contributed by atoms with E-state index in [2.05, 4.69) is 0 Å². The first-order chi connectivity index (χ1) is 9.26. The third-order valence-corrected chi connectivity index (χ3v) is 3.05. The summed E-state index contributed by atoms with van der Waals surface area (Å²) in [5.74, 6) is 0.521. The fourth-order valence-corrected chi connectivity index (χ4v) is 2.11. The topological polar surface area (TPSA) is 59.0 Å². The molecule has 0 aromatic heterocycles. The van der Waals surface area contributed by atoms with Gasteiger partial charge in [0.1, 0.15) is 5.75 Å². The molecule has 1 aliphatic rings. The molecule has 1 atom stereocenters. The van der Waals surface area contributed by atoms with Crippen molar-refractivity contribution in [2.24, 2.45) is 0 Å². The molecule has 0 saturated carbocycles. The highest BCUT2D eigenvalue weighted by Gasteiger charge is 2.26. The molecule has 5 nitrogen and oxygen atoms in total. The Hall–Kier alpha value is -1.59. The fourth-order valence-electron chi connectivity index (χ4n) is 2.11. The number of aliphatic hydroxyl groups is 1. The van der Waals surface area contributed by atoms with Gasteiger partial charge in [0.25, 0.3) is 5.91 Å². The Balaban J connectivity index is 2.14. The highest BCUT2D eigenvalue weighted by atomic mass is 16.5. The number of morpholine rings is 1. The zero-order chi connectivity index (χ0) is 13.7. The number of hydrogen-bond acceptors (Lipinski definition) is 4. The van der Waals surface area contributed by atoms with Crippen LogP contribution in [0.3, 0.4) is 0 Å². The van der Waals surface area contributed by atoms with Crippen molar-refractivity contribution in [1.82, 2.24) is 4.90 Å². The zero-order valence-corrected chi connectivity index (χ0v) is 11.0. The first kappa shape index (κ1) is 13.8. The van der Waals surface area contributed by atoms with E-state index in [1.807, 2.05) is 19.1 Å². The Morgan fingerprint density at radius 1 is 1.53 bits per heavy atom. The number of ether oxygens (including phenoxy) is 2. The van der Waals surface area contributed by atoms with Crippen molar-refractivity contribution in [3.05, 3.63) is 29.8 Å². The van der Waals surface area contributed by atoms with E-state index in [1.54, 1.807) is 17.0 Å². The maximum atomic E-state index is 12.5. The number of carbonyl (C=O) groups is 1. The highest BCUT2D eigenvalue weighted by molar-refractivity contribution is 5.97. The summed E-state index contributed by atoms with van der Waals surface area (Å²) in [5.41, 5.74) is 0.558. The number of amides is 1. The molecule has 1 fully saturated rings. The van der Waals surface area contributed by atoms with E-state index in [9.17, 15) is 4.79 Å². The predicted octanol–water partition coefficient (Wildman–Crippen LogP) is 0.919. The second kappa shape index (κ2) is 6.54. The summed E-state index contributed by atoms with van der Waals surface area (Å²) in [6.45, 7) is 3.74. The summed E-state index contributed by atoms with van der Waals surface area (Å²) in [4.78, 5) is 14.2. The van der Waals surface area contributed by atoms with Crippen LogP contribution in [0.5, 0.6) is 5.75 Å². The lowest BCUT2D eigenvalue weighted by atomic mass is 10.1. The Kier molecular flexibility index (Phi) is 4.76. The van der Waals surface area contributed by atoms with E-state index in [0.717, 1.165) is 0 Å². The van der Waals surface area contributed by atoms with Crippen molar-refractivity contribution in [1.29, 1.82) is 0 Å². The second-order valence-corrected chi connectivity index (χ2v) is 4.36. The molecule has 0 aliphatic carbocycles. The van der Waals surface area contributed by atoms with Crippen LogP contribution in [-0.2, 0) is 4.74 Å². The van der Waals surface area contributed by atoms with Gasteiger partial charge in [0.15, 0.2) is 0 Å². The summed E-state index contributed by atoms with van der Waals surface area (Å²) in [6, 6.07) is 7.22. The summed E-state index contributed by atoms with van der Waals surface area (Å²) < 4.78 is 10.8. The molecule has 0 radical (unpaired) electrons. The largest absolute Gasteiger partial charge is 0.493 e. The Labute approximate surface area is 112 Å². The van der Waals surface area contributed by atoms with Crippen LogP contribution < -0.4 is 4.74 Å². The van der Waals surface area contributed by atoms with Gasteiger partial charge in [-0.15, -0.1) is 0 Å². The lowest BCUT2D eigenvalue weighted by Crippen LogP contribution is -2.47. The van der Waals surface area contributed by atoms with Gasteiger partial charge >= 0.3 is 0 Å². The van der Waals surface area contributed by atoms with Crippen molar-refractivity contribution in [3.8, 4) is 5.75 Å². The number of para-hydroxylation sites is 1. The molecule has 1 N–H and O–H groups in total. The van der Waals surface area contributed by atoms with Crippen molar-refractivity contribution in [2.75, 3.05) is 32.9 Å². The quantitative estimate of drug-likeness (QED) is 0.879. The van der Waals surface area contributed by atoms with Crippen molar-refractivity contribution >= 4 is 5.91 Å². The van der Waals surface area contributed by atoms with Crippen LogP contribution in [-0.4, -0.2) is 54.9 Å². The molecular formula is C14H19NO4. The van der Waals surface area contributed by atoms with E-state index in [1.165, 1.54) is 0 Å². The van der Waals surface area contributed by atoms with Crippen LogP contribution in [0.2, 0.25) is 0 Å². The summed E-state index contributed by atoms with van der Waals surface area (Å²) in [5, 5.41) is 9.11. The van der Waals surface area contributed by atoms with Gasteiger partial charge in [-0.25, -0.2) is 0 Å². The average Bonchev–Trinajstić information content (AvgIpc) is 2.47. The molecule has 1 unspecified atom stereocenters. The number of nitrogens with zero attached hydrogens (tertiary/aromatic N) is 1. The molecule has 1 heterocycles. The number of benzene rings is 1. The van der Waals surface area contributed by atoms with Crippen molar-refractivity contribution in [2.45, 2.75) is 13.0 Å². The molecule has 0 bridgehead atoms. The van der Waals surface area contributed by atoms with Crippen LogP contribution in [0.15, 0.2) is 24.3 Å². The van der Waals surface area contributed by atoms with E-state index in [-0.39, 0.29) is 18.6 Å². The highest BCUT2D eigenvalue weighted by Crippen LogP contribution is 2.21. The molecule has 19 heavy (non-hydrogen) atoms. The third-order valence-electron chi connectivity index (χ3n) is 3.05. The van der Waals surface area contributed by atoms with Crippen LogP contribution in [0, 0.1) is 0 Å². The summed E-state index contributed by atoms with van der Waals surface area (Å²) in [6.07, 6.45) is -0.294. The van der Waals surface area contributed by atoms with Gasteiger partial charge in [-0.2, -0.15) is 0 Å². The summed E-state index contributed by atoms with van der Waals surface area (Å²) >= 11 is 0. The van der Waals surface area contributed by atoms with Crippen molar-refractivity contribution < 1.29 is 19.4 Å². The summed E-state index contributed by atoms with van der Waals surface area (Å²) in [7, 11) is 0. The number of hydrogen-bond donors (Lipinski definition) is 1. The minimum atomic E-state index is -0.294. The number of rotatable bonds is 4. The molecule has 1 saturated heterocycles. The molecule has 5 heteroatoms. The van der Waals surface area contributed by atoms with Gasteiger partial charge in [-0.3, -0.25) is 4.79 Å². The molecule has 2 rings (SSSR count). The monoisotopic (exact) mass is 265 g/mol. The first-order valence-electron chi connectivity index (χ1n) is 6.49. The molecule has 0 spiro atoms. The van der Waals surface area contributed by atoms with E-state index in [0.29, 0.717) is 37.6 Å². The van der Waals surface area contributed by atoms with E-state index < -0.39 is 0 Å². The van der Waals surface area contributed by atoms with Gasteiger partial charge in [-0.05, 0) is 19.1 Å². The maximum absolute atomic E-state index is 12.5. The average molecular weight is 265 g/mol. The SMILES string of the molecule is CCOc1ccccc1C(=O)N1CCOC(CO)C1. The van der Waals surface area contributed by atoms with Gasteiger partial charge < -0.3 is 19.5 Å². The molecule has 1 aromatic carbocycles. The van der Waals surface area contributed by atoms with E-state index in [4.69, 9.17) is 14.6 Å². The van der Waals surface area contributed by atoms with Crippen molar-refractivity contribution in [3.63, 3.8) is 0 Å². The Bertz CT molecular complexity index is 435. The first-order valence-corrected chi connectivity index (χ1v) is 6.49. The van der Waals surface area contributed by atoms with Gasteiger partial charge in [0.05, 0.1) is 31.5 Å². The molecule has 1 aromatic rings. The third kappa shape index (κ3) is 3.24. The van der Waals surface area contributed by atoms with E-state index >= 15 is 0 Å². The maximum Gasteiger partial charge on any atom is 0.257 e. The minimum Gasteiger partial charge on any atom is -0.493 e. The molecule has 104 valence electrons. The fraction of sp³-hybridized carbons (Fsp3) is 0.500.